The van der Waals surface area contributed by atoms with Crippen LogP contribution in [-0.2, 0) is 4.79 Å². The molecule has 0 saturated heterocycles. The van der Waals surface area contributed by atoms with Crippen LogP contribution in [0.15, 0.2) is 82.2 Å². The minimum absolute atomic E-state index is 0.192. The molecule has 3 N–H and O–H groups in total. The van der Waals surface area contributed by atoms with E-state index in [1.54, 1.807) is 18.3 Å². The van der Waals surface area contributed by atoms with Crippen LogP contribution >= 0.6 is 0 Å². The number of rotatable bonds is 4. The van der Waals surface area contributed by atoms with E-state index in [1.807, 2.05) is 67.6 Å². The predicted octanol–water partition coefficient (Wildman–Crippen LogP) is 5.64. The molecule has 0 saturated carbocycles. The van der Waals surface area contributed by atoms with Gasteiger partial charge in [0.1, 0.15) is 17.0 Å². The van der Waals surface area contributed by atoms with E-state index in [1.165, 1.54) is 0 Å². The molecule has 0 fully saturated rings. The van der Waals surface area contributed by atoms with Gasteiger partial charge in [-0.3, -0.25) is 4.79 Å². The first-order valence-corrected chi connectivity index (χ1v) is 8.88. The molecule has 0 unspecified atom stereocenters. The van der Waals surface area contributed by atoms with Crippen molar-refractivity contribution in [1.82, 2.24) is 0 Å². The van der Waals surface area contributed by atoms with E-state index < -0.39 is 0 Å². The molecule has 3 aromatic carbocycles. The van der Waals surface area contributed by atoms with Crippen LogP contribution in [0.4, 0.5) is 17.3 Å². The maximum atomic E-state index is 9.96. The molecule has 146 valence electrons. The molecule has 0 amide bonds. The number of carboxylic acid groups (broad SMARTS) is 1. The zero-order valence-electron chi connectivity index (χ0n) is 15.7. The van der Waals surface area contributed by atoms with Crippen LogP contribution < -0.4 is 5.32 Å². The second kappa shape index (κ2) is 9.23. The van der Waals surface area contributed by atoms with Crippen molar-refractivity contribution in [2.75, 3.05) is 5.32 Å². The molecule has 0 aliphatic heterocycles. The maximum Gasteiger partial charge on any atom is 0.290 e. The summed E-state index contributed by atoms with van der Waals surface area (Å²) in [5, 5.41) is 21.1. The Bertz CT molecular complexity index is 1150. The van der Waals surface area contributed by atoms with Crippen molar-refractivity contribution < 1.29 is 19.4 Å². The predicted molar refractivity (Wildman–Crippen MR) is 115 cm³/mol. The summed E-state index contributed by atoms with van der Waals surface area (Å²) in [4.78, 5) is 13.0. The summed E-state index contributed by atoms with van der Waals surface area (Å²) in [6.45, 7) is 1.79. The maximum absolute atomic E-state index is 9.96. The summed E-state index contributed by atoms with van der Waals surface area (Å²) in [5.74, 6) is 0.768. The van der Waals surface area contributed by atoms with Gasteiger partial charge in [0.2, 0.25) is 5.88 Å². The smallest absolute Gasteiger partial charge is 0.290 e. The van der Waals surface area contributed by atoms with Crippen LogP contribution in [0.25, 0.3) is 11.0 Å². The van der Waals surface area contributed by atoms with Gasteiger partial charge in [0.15, 0.2) is 0 Å². The average molecular weight is 388 g/mol. The van der Waals surface area contributed by atoms with E-state index in [2.05, 4.69) is 10.3 Å². The van der Waals surface area contributed by atoms with E-state index in [4.69, 9.17) is 14.3 Å². The van der Waals surface area contributed by atoms with Crippen LogP contribution in [-0.4, -0.2) is 22.9 Å². The van der Waals surface area contributed by atoms with Gasteiger partial charge in [-0.1, -0.05) is 42.5 Å². The van der Waals surface area contributed by atoms with E-state index in [9.17, 15) is 5.11 Å². The topological polar surface area (TPSA) is 95.1 Å². The summed E-state index contributed by atoms with van der Waals surface area (Å²) in [5.41, 5.74) is 4.19. The second-order valence-corrected chi connectivity index (χ2v) is 6.14. The average Bonchev–Trinajstić information content (AvgIpc) is 3.07. The number of nitrogens with zero attached hydrogens (tertiary/aromatic N) is 1. The van der Waals surface area contributed by atoms with Crippen LogP contribution in [0, 0.1) is 6.92 Å². The molecule has 0 aliphatic rings. The zero-order chi connectivity index (χ0) is 20.6. The van der Waals surface area contributed by atoms with Crippen LogP contribution in [0.1, 0.15) is 11.1 Å². The number of hydrogen-bond donors (Lipinski definition) is 3. The lowest BCUT2D eigenvalue weighted by molar-refractivity contribution is -0.122. The fourth-order valence-electron chi connectivity index (χ4n) is 2.81. The standard InChI is InChI=1S/C22H18N2O2.CH2O2/c1-15-8-2-5-11-18(15)24-22-21(17-10-4-7-13-20(17)26-22)23-14-16-9-3-6-12-19(16)25;2-1-3/h2-14,24-25H,1H3;1H,(H,2,3). The van der Waals surface area contributed by atoms with Gasteiger partial charge in [0.25, 0.3) is 6.47 Å². The molecular formula is C23H20N2O4. The number of anilines is 2. The zero-order valence-corrected chi connectivity index (χ0v) is 15.7. The van der Waals surface area contributed by atoms with E-state index >= 15 is 0 Å². The summed E-state index contributed by atoms with van der Waals surface area (Å²) >= 11 is 0. The third-order valence-electron chi connectivity index (χ3n) is 4.23. The lowest BCUT2D eigenvalue weighted by Crippen LogP contribution is -1.91. The number of para-hydroxylation sites is 3. The molecule has 0 radical (unpaired) electrons. The molecule has 6 heteroatoms. The van der Waals surface area contributed by atoms with E-state index in [0.717, 1.165) is 22.2 Å². The molecule has 1 heterocycles. The molecule has 0 bridgehead atoms. The van der Waals surface area contributed by atoms with Gasteiger partial charge >= 0.3 is 0 Å². The van der Waals surface area contributed by atoms with Crippen molar-refractivity contribution in [3.05, 3.63) is 83.9 Å². The van der Waals surface area contributed by atoms with Gasteiger partial charge in [-0.05, 0) is 42.8 Å². The van der Waals surface area contributed by atoms with Gasteiger partial charge < -0.3 is 19.9 Å². The van der Waals surface area contributed by atoms with Crippen molar-refractivity contribution in [3.8, 4) is 5.75 Å². The van der Waals surface area contributed by atoms with Crippen LogP contribution in [0.2, 0.25) is 0 Å². The molecule has 4 aromatic rings. The molecule has 0 spiro atoms. The first kappa shape index (κ1) is 19.7. The van der Waals surface area contributed by atoms with Gasteiger partial charge in [0.05, 0.1) is 0 Å². The van der Waals surface area contributed by atoms with Crippen molar-refractivity contribution in [1.29, 1.82) is 0 Å². The quantitative estimate of drug-likeness (QED) is 0.310. The third-order valence-corrected chi connectivity index (χ3v) is 4.23. The molecule has 4 rings (SSSR count). The molecule has 29 heavy (non-hydrogen) atoms. The Hall–Kier alpha value is -4.06. The SMILES string of the molecule is Cc1ccccc1Nc1oc2ccccc2c1N=Cc1ccccc1O.O=CO. The van der Waals surface area contributed by atoms with Crippen molar-refractivity contribution >= 4 is 40.9 Å². The van der Waals surface area contributed by atoms with Gasteiger partial charge in [0, 0.05) is 22.9 Å². The van der Waals surface area contributed by atoms with Gasteiger partial charge in [-0.15, -0.1) is 0 Å². The van der Waals surface area contributed by atoms with Crippen molar-refractivity contribution in [3.63, 3.8) is 0 Å². The Morgan fingerprint density at radius 3 is 2.38 bits per heavy atom. The number of furan rings is 1. The minimum Gasteiger partial charge on any atom is -0.507 e. The van der Waals surface area contributed by atoms with Crippen molar-refractivity contribution in [2.45, 2.75) is 6.92 Å². The van der Waals surface area contributed by atoms with Crippen LogP contribution in [0.5, 0.6) is 5.75 Å². The number of hydrogen-bond acceptors (Lipinski definition) is 5. The lowest BCUT2D eigenvalue weighted by Gasteiger charge is -2.07. The van der Waals surface area contributed by atoms with E-state index in [-0.39, 0.29) is 12.2 Å². The number of phenolic OH excluding ortho intramolecular Hbond substituents is 1. The summed E-state index contributed by atoms with van der Waals surface area (Å²) in [6.07, 6.45) is 1.65. The van der Waals surface area contributed by atoms with Crippen LogP contribution in [0.3, 0.4) is 0 Å². The number of fused-ring (bicyclic) bond motifs is 1. The van der Waals surface area contributed by atoms with E-state index in [0.29, 0.717) is 17.1 Å². The highest BCUT2D eigenvalue weighted by atomic mass is 16.4. The lowest BCUT2D eigenvalue weighted by atomic mass is 10.2. The number of aliphatic imine (C=N–C) groups is 1. The number of phenols is 1. The van der Waals surface area contributed by atoms with Gasteiger partial charge in [-0.25, -0.2) is 4.99 Å². The molecule has 6 nitrogen and oxygen atoms in total. The molecule has 0 atom stereocenters. The normalized spacial score (nSPS) is 10.5. The molecule has 0 aliphatic carbocycles. The highest BCUT2D eigenvalue weighted by Crippen LogP contribution is 2.39. The Morgan fingerprint density at radius 2 is 1.62 bits per heavy atom. The largest absolute Gasteiger partial charge is 0.507 e. The summed E-state index contributed by atoms with van der Waals surface area (Å²) in [6, 6.07) is 22.9. The summed E-state index contributed by atoms with van der Waals surface area (Å²) in [7, 11) is 0. The molecular weight excluding hydrogens is 368 g/mol. The highest BCUT2D eigenvalue weighted by Gasteiger charge is 2.14. The Balaban J connectivity index is 0.000000755. The van der Waals surface area contributed by atoms with Gasteiger partial charge in [-0.2, -0.15) is 0 Å². The first-order chi connectivity index (χ1) is 14.1. The fraction of sp³-hybridized carbons (Fsp3) is 0.0435. The summed E-state index contributed by atoms with van der Waals surface area (Å²) < 4.78 is 5.99. The third kappa shape index (κ3) is 4.62. The van der Waals surface area contributed by atoms with Crippen molar-refractivity contribution in [2.24, 2.45) is 4.99 Å². The first-order valence-electron chi connectivity index (χ1n) is 8.88. The molecule has 1 aromatic heterocycles. The number of nitrogens with one attached hydrogen (secondary N) is 1. The Morgan fingerprint density at radius 1 is 0.966 bits per heavy atom. The Labute approximate surface area is 167 Å². The second-order valence-electron chi connectivity index (χ2n) is 6.14. The number of carbonyl (C=O) groups is 1. The Kier molecular flexibility index (Phi) is 6.27. The number of benzene rings is 3. The fourth-order valence-corrected chi connectivity index (χ4v) is 2.81. The monoisotopic (exact) mass is 388 g/mol. The highest BCUT2D eigenvalue weighted by molar-refractivity contribution is 5.99. The number of aryl methyl sites for hydroxylation is 1. The number of aromatic hydroxyl groups is 1. The minimum atomic E-state index is -0.250.